The summed E-state index contributed by atoms with van der Waals surface area (Å²) in [6, 6.07) is 7.10. The molecule has 1 aromatic rings. The highest BCUT2D eigenvalue weighted by Gasteiger charge is 2.19. The highest BCUT2D eigenvalue weighted by atomic mass is 79.9. The molecule has 0 saturated heterocycles. The Kier molecular flexibility index (Phi) is 5.71. The smallest absolute Gasteiger partial charge is 0.0320 e. The van der Waals surface area contributed by atoms with Gasteiger partial charge in [-0.25, -0.2) is 0 Å². The van der Waals surface area contributed by atoms with Crippen LogP contribution in [0.5, 0.6) is 0 Å². The third-order valence-corrected chi connectivity index (χ3v) is 5.85. The zero-order valence-electron chi connectivity index (χ0n) is 10.9. The van der Waals surface area contributed by atoms with Crippen LogP contribution in [-0.4, -0.2) is 6.04 Å². The van der Waals surface area contributed by atoms with Crippen LogP contribution in [0, 0.1) is 5.92 Å². The molecule has 0 bridgehead atoms. The molecule has 3 heteroatoms. The summed E-state index contributed by atoms with van der Waals surface area (Å²) in [5.74, 6) is 0.873. The minimum absolute atomic E-state index is 0.632. The van der Waals surface area contributed by atoms with Crippen LogP contribution in [0.1, 0.15) is 44.6 Å². The summed E-state index contributed by atoms with van der Waals surface area (Å²) in [7, 11) is 0. The lowest BCUT2D eigenvalue weighted by atomic mass is 9.84. The van der Waals surface area contributed by atoms with Crippen LogP contribution in [0.25, 0.3) is 0 Å². The van der Waals surface area contributed by atoms with Crippen LogP contribution < -0.4 is 5.32 Å². The van der Waals surface area contributed by atoms with Crippen molar-refractivity contribution >= 4 is 31.9 Å². The van der Waals surface area contributed by atoms with Crippen LogP contribution in [-0.2, 0) is 6.54 Å². The van der Waals surface area contributed by atoms with Crippen molar-refractivity contribution in [3.8, 4) is 0 Å². The van der Waals surface area contributed by atoms with Gasteiger partial charge in [-0.15, -0.1) is 0 Å². The van der Waals surface area contributed by atoms with Gasteiger partial charge in [0, 0.05) is 21.5 Å². The first-order valence-corrected chi connectivity index (χ1v) is 8.42. The predicted molar refractivity (Wildman–Crippen MR) is 84.7 cm³/mol. The van der Waals surface area contributed by atoms with E-state index in [1.165, 1.54) is 37.7 Å². The average Bonchev–Trinajstić information content (AvgIpc) is 2.41. The molecule has 100 valence electrons. The molecule has 1 saturated carbocycles. The molecule has 0 heterocycles. The minimum Gasteiger partial charge on any atom is -0.310 e. The van der Waals surface area contributed by atoms with Crippen molar-refractivity contribution in [2.75, 3.05) is 0 Å². The molecule has 1 N–H and O–H groups in total. The minimum atomic E-state index is 0.632. The van der Waals surface area contributed by atoms with E-state index in [2.05, 4.69) is 62.3 Å². The van der Waals surface area contributed by atoms with Crippen LogP contribution in [0.2, 0.25) is 0 Å². The molecule has 0 unspecified atom stereocenters. The molecule has 0 radical (unpaired) electrons. The quantitative estimate of drug-likeness (QED) is 0.756. The maximum absolute atomic E-state index is 3.68. The van der Waals surface area contributed by atoms with E-state index in [0.29, 0.717) is 6.04 Å². The van der Waals surface area contributed by atoms with Gasteiger partial charge < -0.3 is 5.32 Å². The predicted octanol–water partition coefficient (Wildman–Crippen LogP) is 5.27. The first-order valence-electron chi connectivity index (χ1n) is 6.84. The van der Waals surface area contributed by atoms with Crippen molar-refractivity contribution in [1.29, 1.82) is 0 Å². The molecule has 0 spiro atoms. The van der Waals surface area contributed by atoms with Crippen molar-refractivity contribution < 1.29 is 0 Å². The Morgan fingerprint density at radius 1 is 1.17 bits per heavy atom. The Bertz CT molecular complexity index is 386. The van der Waals surface area contributed by atoms with Gasteiger partial charge in [0.2, 0.25) is 0 Å². The number of hydrogen-bond donors (Lipinski definition) is 1. The average molecular weight is 375 g/mol. The zero-order chi connectivity index (χ0) is 13.0. The van der Waals surface area contributed by atoms with E-state index in [0.717, 1.165) is 21.4 Å². The largest absolute Gasteiger partial charge is 0.310 e. The Balaban J connectivity index is 1.84. The molecule has 1 atom stereocenters. The molecule has 1 aromatic carbocycles. The molecule has 1 fully saturated rings. The van der Waals surface area contributed by atoms with Crippen molar-refractivity contribution in [3.63, 3.8) is 0 Å². The summed E-state index contributed by atoms with van der Waals surface area (Å²) in [5, 5.41) is 3.68. The second-order valence-electron chi connectivity index (χ2n) is 5.32. The van der Waals surface area contributed by atoms with Gasteiger partial charge in [0.25, 0.3) is 0 Å². The van der Waals surface area contributed by atoms with E-state index in [1.807, 2.05) is 0 Å². The van der Waals surface area contributed by atoms with Crippen molar-refractivity contribution in [3.05, 3.63) is 32.7 Å². The molecule has 1 aliphatic carbocycles. The lowest BCUT2D eigenvalue weighted by Gasteiger charge is -2.28. The van der Waals surface area contributed by atoms with Gasteiger partial charge in [-0.2, -0.15) is 0 Å². The molecule has 2 rings (SSSR count). The Hall–Kier alpha value is 0.140. The van der Waals surface area contributed by atoms with Crippen LogP contribution in [0.3, 0.4) is 0 Å². The second kappa shape index (κ2) is 7.06. The fourth-order valence-electron chi connectivity index (χ4n) is 2.73. The first kappa shape index (κ1) is 14.5. The fraction of sp³-hybridized carbons (Fsp3) is 0.600. The lowest BCUT2D eigenvalue weighted by molar-refractivity contribution is 0.280. The topological polar surface area (TPSA) is 12.0 Å². The van der Waals surface area contributed by atoms with E-state index >= 15 is 0 Å². The van der Waals surface area contributed by atoms with Crippen molar-refractivity contribution in [1.82, 2.24) is 5.32 Å². The maximum atomic E-state index is 3.68. The molecule has 0 aliphatic heterocycles. The Labute approximate surface area is 127 Å². The lowest BCUT2D eigenvalue weighted by Crippen LogP contribution is -2.34. The number of rotatable bonds is 4. The van der Waals surface area contributed by atoms with Gasteiger partial charge in [-0.05, 0) is 75.2 Å². The number of benzene rings is 1. The number of halogens is 2. The van der Waals surface area contributed by atoms with Gasteiger partial charge in [-0.1, -0.05) is 25.3 Å². The summed E-state index contributed by atoms with van der Waals surface area (Å²) < 4.78 is 2.25. The SMILES string of the molecule is C[C@@H](NCc1ccc(Br)c(Br)c1)C1CCCCC1. The monoisotopic (exact) mass is 373 g/mol. The second-order valence-corrected chi connectivity index (χ2v) is 7.02. The maximum Gasteiger partial charge on any atom is 0.0320 e. The normalized spacial score (nSPS) is 18.8. The molecule has 0 aromatic heterocycles. The Morgan fingerprint density at radius 3 is 2.56 bits per heavy atom. The zero-order valence-corrected chi connectivity index (χ0v) is 14.1. The van der Waals surface area contributed by atoms with Gasteiger partial charge in [0.05, 0.1) is 0 Å². The van der Waals surface area contributed by atoms with E-state index < -0.39 is 0 Å². The van der Waals surface area contributed by atoms with Crippen LogP contribution >= 0.6 is 31.9 Å². The summed E-state index contributed by atoms with van der Waals surface area (Å²) in [5.41, 5.74) is 1.34. The fourth-order valence-corrected chi connectivity index (χ4v) is 3.40. The highest BCUT2D eigenvalue weighted by molar-refractivity contribution is 9.13. The van der Waals surface area contributed by atoms with E-state index in [-0.39, 0.29) is 0 Å². The van der Waals surface area contributed by atoms with E-state index in [4.69, 9.17) is 0 Å². The first-order chi connectivity index (χ1) is 8.66. The molecule has 1 aliphatic rings. The molecule has 0 amide bonds. The van der Waals surface area contributed by atoms with E-state index in [9.17, 15) is 0 Å². The Morgan fingerprint density at radius 2 is 1.89 bits per heavy atom. The number of hydrogen-bond acceptors (Lipinski definition) is 1. The van der Waals surface area contributed by atoms with Crippen molar-refractivity contribution in [2.45, 2.75) is 51.6 Å². The molecule has 1 nitrogen and oxygen atoms in total. The van der Waals surface area contributed by atoms with Gasteiger partial charge in [0.15, 0.2) is 0 Å². The molecule has 18 heavy (non-hydrogen) atoms. The third-order valence-electron chi connectivity index (χ3n) is 3.97. The summed E-state index contributed by atoms with van der Waals surface area (Å²) in [6.45, 7) is 3.30. The summed E-state index contributed by atoms with van der Waals surface area (Å²) >= 11 is 7.06. The number of nitrogens with one attached hydrogen (secondary N) is 1. The standard InChI is InChI=1S/C15H21Br2N/c1-11(13-5-3-2-4-6-13)18-10-12-7-8-14(16)15(17)9-12/h7-9,11,13,18H,2-6,10H2,1H3/t11-/m1/s1. The summed E-state index contributed by atoms with van der Waals surface area (Å²) in [6.07, 6.45) is 7.07. The third kappa shape index (κ3) is 4.07. The van der Waals surface area contributed by atoms with E-state index in [1.54, 1.807) is 0 Å². The van der Waals surface area contributed by atoms with Gasteiger partial charge in [-0.3, -0.25) is 0 Å². The highest BCUT2D eigenvalue weighted by Crippen LogP contribution is 2.27. The van der Waals surface area contributed by atoms with Crippen molar-refractivity contribution in [2.24, 2.45) is 5.92 Å². The van der Waals surface area contributed by atoms with Crippen LogP contribution in [0.15, 0.2) is 27.1 Å². The molecular weight excluding hydrogens is 354 g/mol. The molecular formula is C15H21Br2N. The van der Waals surface area contributed by atoms with Gasteiger partial charge >= 0.3 is 0 Å². The van der Waals surface area contributed by atoms with Crippen LogP contribution in [0.4, 0.5) is 0 Å². The van der Waals surface area contributed by atoms with Gasteiger partial charge in [0.1, 0.15) is 0 Å². The summed E-state index contributed by atoms with van der Waals surface area (Å²) in [4.78, 5) is 0.